The van der Waals surface area contributed by atoms with Crippen LogP contribution in [0.3, 0.4) is 0 Å². The van der Waals surface area contributed by atoms with Gasteiger partial charge in [0.25, 0.3) is 5.91 Å². The number of phenolic OH excluding ortho intramolecular Hbond substituents is 1. The Morgan fingerprint density at radius 1 is 1.30 bits per heavy atom. The van der Waals surface area contributed by atoms with E-state index in [1.165, 1.54) is 13.2 Å². The van der Waals surface area contributed by atoms with Crippen LogP contribution in [0.15, 0.2) is 34.2 Å². The van der Waals surface area contributed by atoms with Crippen LogP contribution in [0.1, 0.15) is 17.5 Å². The average molecular weight is 523 g/mol. The van der Waals surface area contributed by atoms with Crippen LogP contribution in [0, 0.1) is 26.7 Å². The molecule has 30 heavy (non-hydrogen) atoms. The summed E-state index contributed by atoms with van der Waals surface area (Å²) >= 11 is 2.10. The zero-order valence-electron chi connectivity index (χ0n) is 15.8. The van der Waals surface area contributed by atoms with E-state index in [2.05, 4.69) is 27.7 Å². The monoisotopic (exact) mass is 523 g/mol. The van der Waals surface area contributed by atoms with Gasteiger partial charge in [0, 0.05) is 15.1 Å². The van der Waals surface area contributed by atoms with E-state index in [0.717, 1.165) is 9.13 Å². The Bertz CT molecular complexity index is 1120. The summed E-state index contributed by atoms with van der Waals surface area (Å²) in [4.78, 5) is 30.1. The van der Waals surface area contributed by atoms with Gasteiger partial charge in [-0.1, -0.05) is 5.16 Å². The largest absolute Gasteiger partial charge is 0.507 e. The van der Waals surface area contributed by atoms with Gasteiger partial charge in [0.05, 0.1) is 17.2 Å². The van der Waals surface area contributed by atoms with E-state index >= 15 is 0 Å². The number of ketones is 1. The number of hydrogen-bond acceptors (Lipinski definition) is 8. The first-order chi connectivity index (χ1) is 14.2. The number of aliphatic hydroxyl groups excluding tert-OH is 2. The van der Waals surface area contributed by atoms with Gasteiger partial charge >= 0.3 is 0 Å². The number of fused-ring (bicyclic) bond motifs is 3. The number of aliphatic hydroxyl groups is 2. The van der Waals surface area contributed by atoms with Crippen molar-refractivity contribution < 1.29 is 29.7 Å². The number of carbonyl (C=O) groups is 2. The highest BCUT2D eigenvalue weighted by molar-refractivity contribution is 14.1. The molecule has 156 valence electrons. The Morgan fingerprint density at radius 3 is 2.63 bits per heavy atom. The maximum atomic E-state index is 13.5. The van der Waals surface area contributed by atoms with Gasteiger partial charge in [-0.2, -0.15) is 0 Å². The summed E-state index contributed by atoms with van der Waals surface area (Å²) in [5.41, 5.74) is 5.44. The molecule has 1 aromatic rings. The van der Waals surface area contributed by atoms with E-state index in [4.69, 9.17) is 16.0 Å². The predicted molar refractivity (Wildman–Crippen MR) is 115 cm³/mol. The first-order valence-electron chi connectivity index (χ1n) is 9.10. The molecule has 3 atom stereocenters. The summed E-state index contributed by atoms with van der Waals surface area (Å²) in [7, 11) is 1.27. The molecular formula is C20H18IN3O6. The molecule has 9 nitrogen and oxygen atoms in total. The predicted octanol–water partition coefficient (Wildman–Crippen LogP) is 1.98. The molecule has 0 aromatic heterocycles. The number of carbonyl (C=O) groups excluding carboxylic acids is 2. The van der Waals surface area contributed by atoms with E-state index < -0.39 is 46.5 Å². The number of phenols is 1. The number of halogens is 1. The molecule has 3 aliphatic rings. The molecule has 4 rings (SSSR count). The van der Waals surface area contributed by atoms with E-state index in [0.29, 0.717) is 6.42 Å². The van der Waals surface area contributed by atoms with Crippen molar-refractivity contribution in [3.05, 3.63) is 43.7 Å². The van der Waals surface area contributed by atoms with E-state index in [9.17, 15) is 24.9 Å². The molecule has 0 heterocycles. The van der Waals surface area contributed by atoms with E-state index in [1.807, 2.05) is 0 Å². The summed E-state index contributed by atoms with van der Waals surface area (Å²) in [6, 6.07) is 3.17. The number of nitrogens with two attached hydrogens (primary N) is 1. The quantitative estimate of drug-likeness (QED) is 0.294. The summed E-state index contributed by atoms with van der Waals surface area (Å²) < 4.78 is 0.835. The van der Waals surface area contributed by atoms with Crippen molar-refractivity contribution in [2.24, 2.45) is 28.6 Å². The van der Waals surface area contributed by atoms with Gasteiger partial charge in [-0.25, -0.2) is 0 Å². The second kappa shape index (κ2) is 7.11. The Labute approximate surface area is 184 Å². The second-order valence-electron chi connectivity index (χ2n) is 7.43. The van der Waals surface area contributed by atoms with Crippen molar-refractivity contribution in [3.8, 4) is 5.75 Å². The van der Waals surface area contributed by atoms with Crippen LogP contribution in [0.5, 0.6) is 5.75 Å². The van der Waals surface area contributed by atoms with Gasteiger partial charge in [-0.05, 0) is 59.0 Å². The molecule has 0 bridgehead atoms. The van der Waals surface area contributed by atoms with Crippen molar-refractivity contribution in [2.45, 2.75) is 12.8 Å². The van der Waals surface area contributed by atoms with Gasteiger partial charge in [0.2, 0.25) is 0 Å². The Hall–Kier alpha value is -2.89. The fourth-order valence-electron chi connectivity index (χ4n) is 4.71. The molecule has 0 saturated heterocycles. The lowest BCUT2D eigenvalue weighted by atomic mass is 9.60. The lowest BCUT2D eigenvalue weighted by Crippen LogP contribution is -2.50. The summed E-state index contributed by atoms with van der Waals surface area (Å²) in [6.07, 6.45) is 0.665. The van der Waals surface area contributed by atoms with Crippen molar-refractivity contribution in [1.82, 2.24) is 0 Å². The number of benzene rings is 1. The van der Waals surface area contributed by atoms with Gasteiger partial charge < -0.3 is 31.3 Å². The number of aromatic hydroxyl groups is 1. The standard InChI is InChI=1S/C20H18IN3O6/c1-30-24-16-8-5-6-4-7-9(21)2-3-10(25)12(7)17(26)11(6)18(27)13(8)15(22)14(19(16)28)20(23)29/h2-3,6,8,13,22,25-26,28H,4-5H2,1H3,(H2,23,29)/b22-15?,24-16-. The molecule has 0 radical (unpaired) electrons. The van der Waals surface area contributed by atoms with Crippen LogP contribution in [0.25, 0.3) is 5.76 Å². The number of amides is 1. The maximum Gasteiger partial charge on any atom is 0.254 e. The number of allylic oxidation sites excluding steroid dienone is 2. The molecule has 1 amide bonds. The molecule has 1 saturated carbocycles. The number of Topliss-reactive ketones (excluding diaryl/α,β-unsaturated/α-hetero) is 1. The van der Waals surface area contributed by atoms with Crippen LogP contribution >= 0.6 is 22.6 Å². The normalized spacial score (nSPS) is 27.0. The fraction of sp³-hybridized carbons (Fsp3) is 0.300. The maximum absolute atomic E-state index is 13.5. The molecular weight excluding hydrogens is 505 g/mol. The molecule has 1 fully saturated rings. The minimum Gasteiger partial charge on any atom is -0.507 e. The molecule has 3 aliphatic carbocycles. The van der Waals surface area contributed by atoms with Crippen LogP contribution in [0.2, 0.25) is 0 Å². The van der Waals surface area contributed by atoms with E-state index in [1.54, 1.807) is 6.07 Å². The highest BCUT2D eigenvalue weighted by Gasteiger charge is 2.53. The van der Waals surface area contributed by atoms with Gasteiger partial charge in [0.15, 0.2) is 11.5 Å². The number of nitrogens with one attached hydrogen (secondary N) is 1. The highest BCUT2D eigenvalue weighted by Crippen LogP contribution is 2.49. The van der Waals surface area contributed by atoms with Crippen LogP contribution < -0.4 is 5.73 Å². The third-order valence-electron chi connectivity index (χ3n) is 5.92. The molecule has 3 unspecified atom stereocenters. The minimum atomic E-state index is -1.16. The highest BCUT2D eigenvalue weighted by atomic mass is 127. The number of hydrogen-bond donors (Lipinski definition) is 5. The third kappa shape index (κ3) is 2.73. The number of oxime groups is 1. The van der Waals surface area contributed by atoms with Gasteiger partial charge in [-0.15, -0.1) is 0 Å². The summed E-state index contributed by atoms with van der Waals surface area (Å²) in [5, 5.41) is 43.9. The zero-order valence-corrected chi connectivity index (χ0v) is 17.9. The number of primary amides is 1. The Balaban J connectivity index is 1.92. The Kier molecular flexibility index (Phi) is 4.83. The lowest BCUT2D eigenvalue weighted by Gasteiger charge is -2.42. The lowest BCUT2D eigenvalue weighted by molar-refractivity contribution is -0.120. The van der Waals surface area contributed by atoms with Crippen molar-refractivity contribution >= 4 is 51.5 Å². The Morgan fingerprint density at radius 2 is 2.00 bits per heavy atom. The van der Waals surface area contributed by atoms with E-state index in [-0.39, 0.29) is 34.8 Å². The molecule has 1 aromatic carbocycles. The molecule has 0 spiro atoms. The minimum absolute atomic E-state index is 0.0180. The number of rotatable bonds is 2. The van der Waals surface area contributed by atoms with Crippen LogP contribution in [-0.2, 0) is 20.8 Å². The van der Waals surface area contributed by atoms with Crippen LogP contribution in [-0.4, -0.2) is 45.5 Å². The molecule has 6 N–H and O–H groups in total. The van der Waals surface area contributed by atoms with Crippen molar-refractivity contribution in [2.75, 3.05) is 7.11 Å². The van der Waals surface area contributed by atoms with Gasteiger partial charge in [-0.3, -0.25) is 9.59 Å². The SMILES string of the molecule is CO/N=C1\C(O)=C(C(N)=O)C(=N)C2C(=O)C3=C(O)c4c(O)ccc(I)c4CC3CC12. The van der Waals surface area contributed by atoms with Crippen LogP contribution in [0.4, 0.5) is 0 Å². The van der Waals surface area contributed by atoms with Gasteiger partial charge in [0.1, 0.15) is 29.9 Å². The van der Waals surface area contributed by atoms with Crippen molar-refractivity contribution in [3.63, 3.8) is 0 Å². The fourth-order valence-corrected chi connectivity index (χ4v) is 5.38. The average Bonchev–Trinajstić information content (AvgIpc) is 2.67. The first kappa shape index (κ1) is 20.4. The number of nitrogens with zero attached hydrogens (tertiary/aromatic N) is 1. The summed E-state index contributed by atoms with van der Waals surface area (Å²) in [5.74, 6) is -4.93. The molecule has 10 heteroatoms. The van der Waals surface area contributed by atoms with Crippen molar-refractivity contribution in [1.29, 1.82) is 5.41 Å². The topological polar surface area (TPSA) is 166 Å². The zero-order chi connectivity index (χ0) is 21.9. The third-order valence-corrected chi connectivity index (χ3v) is 6.93. The first-order valence-corrected chi connectivity index (χ1v) is 10.2. The molecule has 0 aliphatic heterocycles. The smallest absolute Gasteiger partial charge is 0.254 e. The summed E-state index contributed by atoms with van der Waals surface area (Å²) in [6.45, 7) is 0. The second-order valence-corrected chi connectivity index (χ2v) is 8.59.